The number of rotatable bonds is 8. The van der Waals surface area contributed by atoms with Gasteiger partial charge in [-0.1, -0.05) is 19.1 Å². The van der Waals surface area contributed by atoms with Crippen LogP contribution in [0.5, 0.6) is 5.75 Å². The SMILES string of the molecule is CCCOc1ccc(C2C(C(=O)OC)=CN(CC3CCCO3)C=C2C(=O)OC)cc1. The lowest BCUT2D eigenvalue weighted by Gasteiger charge is -2.31. The minimum Gasteiger partial charge on any atom is -0.494 e. The molecule has 3 rings (SSSR count). The molecule has 1 atom stereocenters. The predicted octanol–water partition coefficient (Wildman–Crippen LogP) is 3.17. The number of esters is 2. The molecule has 2 heterocycles. The van der Waals surface area contributed by atoms with Crippen LogP contribution in [0.4, 0.5) is 0 Å². The van der Waals surface area contributed by atoms with Gasteiger partial charge in [0.2, 0.25) is 0 Å². The van der Waals surface area contributed by atoms with Gasteiger partial charge in [0.1, 0.15) is 5.75 Å². The second kappa shape index (κ2) is 10.3. The van der Waals surface area contributed by atoms with Crippen molar-refractivity contribution in [3.63, 3.8) is 0 Å². The molecular formula is C23H29NO6. The van der Waals surface area contributed by atoms with Crippen LogP contribution in [0.15, 0.2) is 47.8 Å². The summed E-state index contributed by atoms with van der Waals surface area (Å²) in [5.41, 5.74) is 1.53. The van der Waals surface area contributed by atoms with E-state index in [1.807, 2.05) is 36.1 Å². The first kappa shape index (κ1) is 21.9. The van der Waals surface area contributed by atoms with Gasteiger partial charge < -0.3 is 23.8 Å². The molecule has 30 heavy (non-hydrogen) atoms. The maximum atomic E-state index is 12.6. The number of benzene rings is 1. The molecule has 1 unspecified atom stereocenters. The van der Waals surface area contributed by atoms with E-state index in [0.717, 1.165) is 37.2 Å². The van der Waals surface area contributed by atoms with Crippen molar-refractivity contribution in [2.24, 2.45) is 0 Å². The Labute approximate surface area is 177 Å². The largest absolute Gasteiger partial charge is 0.494 e. The lowest BCUT2D eigenvalue weighted by molar-refractivity contribution is -0.137. The highest BCUT2D eigenvalue weighted by Crippen LogP contribution is 2.38. The fraction of sp³-hybridized carbons (Fsp3) is 0.478. The number of ether oxygens (including phenoxy) is 4. The van der Waals surface area contributed by atoms with Gasteiger partial charge in [-0.25, -0.2) is 9.59 Å². The van der Waals surface area contributed by atoms with E-state index in [-0.39, 0.29) is 6.10 Å². The van der Waals surface area contributed by atoms with E-state index in [4.69, 9.17) is 18.9 Å². The number of methoxy groups -OCH3 is 2. The van der Waals surface area contributed by atoms with E-state index in [1.165, 1.54) is 14.2 Å². The summed E-state index contributed by atoms with van der Waals surface area (Å²) in [5, 5.41) is 0. The lowest BCUT2D eigenvalue weighted by Crippen LogP contribution is -2.32. The third-order valence-electron chi connectivity index (χ3n) is 5.20. The van der Waals surface area contributed by atoms with Gasteiger partial charge in [0.15, 0.2) is 0 Å². The molecular weight excluding hydrogens is 386 g/mol. The van der Waals surface area contributed by atoms with Crippen molar-refractivity contribution in [2.45, 2.75) is 38.2 Å². The molecule has 1 fully saturated rings. The molecule has 2 aliphatic rings. The van der Waals surface area contributed by atoms with Crippen molar-refractivity contribution >= 4 is 11.9 Å². The summed E-state index contributed by atoms with van der Waals surface area (Å²) in [5.74, 6) is -0.828. The Balaban J connectivity index is 1.95. The highest BCUT2D eigenvalue weighted by Gasteiger charge is 2.35. The first-order chi connectivity index (χ1) is 14.6. The summed E-state index contributed by atoms with van der Waals surface area (Å²) in [6, 6.07) is 7.40. The van der Waals surface area contributed by atoms with Crippen molar-refractivity contribution in [3.8, 4) is 5.75 Å². The van der Waals surface area contributed by atoms with Crippen LogP contribution in [-0.4, -0.2) is 56.9 Å². The molecule has 2 aliphatic heterocycles. The Morgan fingerprint density at radius 2 is 1.70 bits per heavy atom. The van der Waals surface area contributed by atoms with E-state index < -0.39 is 17.9 Å². The molecule has 7 nitrogen and oxygen atoms in total. The lowest BCUT2D eigenvalue weighted by atomic mass is 9.83. The average molecular weight is 415 g/mol. The second-order valence-electron chi connectivity index (χ2n) is 7.33. The molecule has 1 saturated heterocycles. The third kappa shape index (κ3) is 5.02. The molecule has 0 aromatic heterocycles. The minimum absolute atomic E-state index is 0.0573. The number of hydrogen-bond acceptors (Lipinski definition) is 7. The second-order valence-corrected chi connectivity index (χ2v) is 7.33. The first-order valence-corrected chi connectivity index (χ1v) is 10.3. The van der Waals surface area contributed by atoms with Crippen molar-refractivity contribution < 1.29 is 28.5 Å². The van der Waals surface area contributed by atoms with Gasteiger partial charge in [-0.2, -0.15) is 0 Å². The van der Waals surface area contributed by atoms with Crippen LogP contribution in [0, 0.1) is 0 Å². The van der Waals surface area contributed by atoms with E-state index in [1.54, 1.807) is 12.4 Å². The van der Waals surface area contributed by atoms with Crippen LogP contribution in [0.25, 0.3) is 0 Å². The van der Waals surface area contributed by atoms with Crippen LogP contribution < -0.4 is 4.74 Å². The number of nitrogens with zero attached hydrogens (tertiary/aromatic N) is 1. The summed E-state index contributed by atoms with van der Waals surface area (Å²) in [6.45, 7) is 3.95. The van der Waals surface area contributed by atoms with Crippen LogP contribution >= 0.6 is 0 Å². The monoisotopic (exact) mass is 415 g/mol. The van der Waals surface area contributed by atoms with Crippen LogP contribution in [0.2, 0.25) is 0 Å². The summed E-state index contributed by atoms with van der Waals surface area (Å²) in [7, 11) is 2.67. The van der Waals surface area contributed by atoms with Gasteiger partial charge >= 0.3 is 11.9 Å². The smallest absolute Gasteiger partial charge is 0.336 e. The number of hydrogen-bond donors (Lipinski definition) is 0. The Morgan fingerprint density at radius 3 is 2.20 bits per heavy atom. The van der Waals surface area contributed by atoms with Crippen molar-refractivity contribution in [1.29, 1.82) is 0 Å². The zero-order valence-corrected chi connectivity index (χ0v) is 17.8. The molecule has 162 valence electrons. The maximum absolute atomic E-state index is 12.6. The molecule has 0 radical (unpaired) electrons. The van der Waals surface area contributed by atoms with Crippen LogP contribution in [0.1, 0.15) is 37.7 Å². The molecule has 1 aromatic carbocycles. The highest BCUT2D eigenvalue weighted by atomic mass is 16.5. The maximum Gasteiger partial charge on any atom is 0.336 e. The summed E-state index contributed by atoms with van der Waals surface area (Å²) < 4.78 is 21.4. The van der Waals surface area contributed by atoms with Crippen molar-refractivity contribution in [3.05, 3.63) is 53.4 Å². The molecule has 0 N–H and O–H groups in total. The Hall–Kier alpha value is -2.80. The fourth-order valence-electron chi connectivity index (χ4n) is 3.75. The van der Waals surface area contributed by atoms with E-state index in [0.29, 0.717) is 24.3 Å². The Kier molecular flexibility index (Phi) is 7.52. The van der Waals surface area contributed by atoms with Gasteiger partial charge in [0.05, 0.1) is 44.0 Å². The molecule has 0 amide bonds. The van der Waals surface area contributed by atoms with E-state index in [9.17, 15) is 9.59 Å². The quantitative estimate of drug-likeness (QED) is 0.604. The van der Waals surface area contributed by atoms with E-state index >= 15 is 0 Å². The number of carbonyl (C=O) groups is 2. The molecule has 7 heteroatoms. The molecule has 0 spiro atoms. The highest BCUT2D eigenvalue weighted by molar-refractivity contribution is 5.98. The fourth-order valence-corrected chi connectivity index (χ4v) is 3.75. The summed E-state index contributed by atoms with van der Waals surface area (Å²) in [4.78, 5) is 27.1. The Morgan fingerprint density at radius 1 is 1.07 bits per heavy atom. The molecule has 0 aliphatic carbocycles. The van der Waals surface area contributed by atoms with Crippen LogP contribution in [0.3, 0.4) is 0 Å². The first-order valence-electron chi connectivity index (χ1n) is 10.3. The topological polar surface area (TPSA) is 74.3 Å². The van der Waals surface area contributed by atoms with E-state index in [2.05, 4.69) is 0 Å². The van der Waals surface area contributed by atoms with Crippen molar-refractivity contribution in [1.82, 2.24) is 4.90 Å². The van der Waals surface area contributed by atoms with Gasteiger partial charge in [-0.05, 0) is 37.0 Å². The summed E-state index contributed by atoms with van der Waals surface area (Å²) >= 11 is 0. The minimum atomic E-state index is -0.592. The average Bonchev–Trinajstić information content (AvgIpc) is 3.29. The number of carbonyl (C=O) groups excluding carboxylic acids is 2. The van der Waals surface area contributed by atoms with Gasteiger partial charge in [0, 0.05) is 25.6 Å². The normalized spacial score (nSPS) is 19.2. The standard InChI is InChI=1S/C23H29NO6/c1-4-11-29-17-9-7-16(8-10-17)21-19(22(25)27-2)14-24(13-18-6-5-12-30-18)15-20(21)23(26)28-3/h7-10,14-15,18,21H,4-6,11-13H2,1-3H3. The molecule has 0 bridgehead atoms. The zero-order valence-electron chi connectivity index (χ0n) is 17.8. The molecule has 0 saturated carbocycles. The van der Waals surface area contributed by atoms with Crippen molar-refractivity contribution in [2.75, 3.05) is 34.0 Å². The van der Waals surface area contributed by atoms with Gasteiger partial charge in [0.25, 0.3) is 0 Å². The Bertz CT molecular complexity index is 773. The van der Waals surface area contributed by atoms with Crippen LogP contribution in [-0.2, 0) is 23.8 Å². The molecule has 1 aromatic rings. The zero-order chi connectivity index (χ0) is 21.5. The third-order valence-corrected chi connectivity index (χ3v) is 5.20. The predicted molar refractivity (Wildman–Crippen MR) is 111 cm³/mol. The summed E-state index contributed by atoms with van der Waals surface area (Å²) in [6.07, 6.45) is 6.41. The van der Waals surface area contributed by atoms with Gasteiger partial charge in [-0.15, -0.1) is 0 Å². The van der Waals surface area contributed by atoms with Gasteiger partial charge in [-0.3, -0.25) is 0 Å².